The molecule has 2 heterocycles. The molecule has 5 rings (SSSR count). The van der Waals surface area contributed by atoms with Crippen LogP contribution in [0.3, 0.4) is 0 Å². The minimum Gasteiger partial charge on any atom is -0.489 e. The highest BCUT2D eigenvalue weighted by Crippen LogP contribution is 2.28. The van der Waals surface area contributed by atoms with Crippen LogP contribution < -0.4 is 20.4 Å². The zero-order chi connectivity index (χ0) is 21.9. The number of pyridine rings is 1. The summed E-state index contributed by atoms with van der Waals surface area (Å²) in [5.41, 5.74) is 4.81. The maximum Gasteiger partial charge on any atom is 0.255 e. The second kappa shape index (κ2) is 8.71. The number of aromatic amines is 1. The predicted molar refractivity (Wildman–Crippen MR) is 127 cm³/mol. The van der Waals surface area contributed by atoms with Gasteiger partial charge in [0.1, 0.15) is 12.4 Å². The van der Waals surface area contributed by atoms with Gasteiger partial charge in [0, 0.05) is 33.8 Å². The maximum absolute atomic E-state index is 12.9. The van der Waals surface area contributed by atoms with Gasteiger partial charge >= 0.3 is 0 Å². The lowest BCUT2D eigenvalue weighted by Crippen LogP contribution is -2.22. The summed E-state index contributed by atoms with van der Waals surface area (Å²) in [4.78, 5) is 16.0. The fourth-order valence-corrected chi connectivity index (χ4v) is 4.15. The third kappa shape index (κ3) is 4.28. The van der Waals surface area contributed by atoms with Gasteiger partial charge in [-0.1, -0.05) is 30.3 Å². The Labute approximate surface area is 187 Å². The average Bonchev–Trinajstić information content (AvgIpc) is 2.82. The van der Waals surface area contributed by atoms with Crippen LogP contribution >= 0.6 is 0 Å². The zero-order valence-corrected chi connectivity index (χ0v) is 18.0. The Morgan fingerprint density at radius 3 is 2.94 bits per heavy atom. The van der Waals surface area contributed by atoms with Gasteiger partial charge in [-0.3, -0.25) is 4.79 Å². The molecule has 4 aromatic rings. The van der Waals surface area contributed by atoms with Gasteiger partial charge in [-0.15, -0.1) is 0 Å². The van der Waals surface area contributed by atoms with E-state index in [-0.39, 0.29) is 5.91 Å². The largest absolute Gasteiger partial charge is 0.489 e. The van der Waals surface area contributed by atoms with E-state index in [4.69, 9.17) is 4.74 Å². The van der Waals surface area contributed by atoms with Gasteiger partial charge in [0.2, 0.25) is 0 Å². The smallest absolute Gasteiger partial charge is 0.255 e. The summed E-state index contributed by atoms with van der Waals surface area (Å²) in [6.45, 7) is 2.59. The second-order valence-electron chi connectivity index (χ2n) is 8.29. The number of carbonyl (C=O) groups excluding carboxylic acids is 1. The van der Waals surface area contributed by atoms with Crippen molar-refractivity contribution >= 4 is 28.1 Å². The molecule has 1 aromatic heterocycles. The first-order chi connectivity index (χ1) is 15.7. The minimum absolute atomic E-state index is 0.155. The monoisotopic (exact) mass is 424 g/mol. The Morgan fingerprint density at radius 2 is 2.00 bits per heavy atom. The number of aromatic nitrogens is 1. The number of nitrogens with one attached hydrogen (secondary N) is 3. The molecule has 1 atom stereocenters. The Kier molecular flexibility index (Phi) is 5.46. The van der Waals surface area contributed by atoms with Crippen LogP contribution in [0.25, 0.3) is 10.8 Å². The first kappa shape index (κ1) is 20.1. The Morgan fingerprint density at radius 1 is 1.09 bits per heavy atom. The van der Waals surface area contributed by atoms with Crippen LogP contribution in [0.1, 0.15) is 34.8 Å². The molecule has 0 aliphatic carbocycles. The number of hydrogen-bond acceptors (Lipinski definition) is 3. The average molecular weight is 425 g/mol. The summed E-state index contributed by atoms with van der Waals surface area (Å²) < 4.78 is 6.02. The van der Waals surface area contributed by atoms with Crippen LogP contribution in [0, 0.1) is 0 Å². The number of rotatable bonds is 5. The van der Waals surface area contributed by atoms with Crippen LogP contribution in [0.2, 0.25) is 0 Å². The van der Waals surface area contributed by atoms with Crippen molar-refractivity contribution in [2.45, 2.75) is 32.4 Å². The number of aryl methyl sites for hydroxylation is 1. The highest BCUT2D eigenvalue weighted by atomic mass is 16.5. The quantitative estimate of drug-likeness (QED) is 0.461. The van der Waals surface area contributed by atoms with E-state index in [1.165, 1.54) is 5.56 Å². The third-order valence-electron chi connectivity index (χ3n) is 5.91. The maximum atomic E-state index is 12.9. The van der Waals surface area contributed by atoms with E-state index in [1.807, 2.05) is 48.8 Å². The molecule has 5 nitrogen and oxygen atoms in total. The van der Waals surface area contributed by atoms with E-state index in [2.05, 4.69) is 40.7 Å². The van der Waals surface area contributed by atoms with Crippen LogP contribution in [0.5, 0.6) is 5.75 Å². The lowest BCUT2D eigenvalue weighted by Gasteiger charge is -2.24. The van der Waals surface area contributed by atoms with Crippen molar-refractivity contribution in [1.82, 2.24) is 0 Å². The zero-order valence-electron chi connectivity index (χ0n) is 18.0. The molecule has 160 valence electrons. The van der Waals surface area contributed by atoms with Gasteiger partial charge in [-0.2, -0.15) is 0 Å². The van der Waals surface area contributed by atoms with E-state index >= 15 is 0 Å². The summed E-state index contributed by atoms with van der Waals surface area (Å²) in [6.07, 6.45) is 6.11. The van der Waals surface area contributed by atoms with Crippen LogP contribution in [0.15, 0.2) is 79.1 Å². The number of amides is 1. The van der Waals surface area contributed by atoms with E-state index < -0.39 is 0 Å². The number of ether oxygens (including phenoxy) is 1. The van der Waals surface area contributed by atoms with Crippen LogP contribution in [-0.2, 0) is 13.0 Å². The fourth-order valence-electron chi connectivity index (χ4n) is 4.15. The van der Waals surface area contributed by atoms with Crippen molar-refractivity contribution < 1.29 is 14.5 Å². The van der Waals surface area contributed by atoms with Crippen molar-refractivity contribution in [3.63, 3.8) is 0 Å². The molecule has 0 spiro atoms. The van der Waals surface area contributed by atoms with Crippen molar-refractivity contribution in [2.24, 2.45) is 0 Å². The van der Waals surface area contributed by atoms with Gasteiger partial charge in [-0.05, 0) is 61.7 Å². The van der Waals surface area contributed by atoms with Crippen LogP contribution in [0.4, 0.5) is 11.4 Å². The van der Waals surface area contributed by atoms with E-state index in [0.29, 0.717) is 24.0 Å². The molecule has 0 radical (unpaired) electrons. The minimum atomic E-state index is -0.155. The molecule has 5 heteroatoms. The molecule has 3 aromatic carbocycles. The van der Waals surface area contributed by atoms with Gasteiger partial charge in [0.25, 0.3) is 5.91 Å². The summed E-state index contributed by atoms with van der Waals surface area (Å²) in [6, 6.07) is 22.0. The van der Waals surface area contributed by atoms with Crippen molar-refractivity contribution in [1.29, 1.82) is 0 Å². The topological polar surface area (TPSA) is 64.5 Å². The molecular formula is C27H26N3O2+. The van der Waals surface area contributed by atoms with Crippen molar-refractivity contribution in [2.75, 3.05) is 10.6 Å². The molecule has 3 N–H and O–H groups in total. The number of anilines is 2. The lowest BCUT2D eigenvalue weighted by molar-refractivity contribution is -0.376. The second-order valence-corrected chi connectivity index (χ2v) is 8.29. The molecule has 1 aliphatic rings. The van der Waals surface area contributed by atoms with E-state index in [9.17, 15) is 4.79 Å². The summed E-state index contributed by atoms with van der Waals surface area (Å²) >= 11 is 0. The molecule has 32 heavy (non-hydrogen) atoms. The van der Waals surface area contributed by atoms with Crippen LogP contribution in [-0.4, -0.2) is 11.9 Å². The molecule has 0 saturated carbocycles. The summed E-state index contributed by atoms with van der Waals surface area (Å²) in [5.74, 6) is 0.504. The number of carbonyl (C=O) groups is 1. The first-order valence-corrected chi connectivity index (χ1v) is 11.0. The molecule has 0 saturated heterocycles. The van der Waals surface area contributed by atoms with Gasteiger partial charge in [0.15, 0.2) is 12.4 Å². The first-order valence-electron chi connectivity index (χ1n) is 11.0. The van der Waals surface area contributed by atoms with E-state index in [0.717, 1.165) is 40.6 Å². The molecule has 1 amide bonds. The van der Waals surface area contributed by atoms with Gasteiger partial charge in [0.05, 0.1) is 5.56 Å². The van der Waals surface area contributed by atoms with Gasteiger partial charge in [-0.25, -0.2) is 4.98 Å². The SMILES string of the molecule is CC1CCc2ccc(NC(=O)c3cccc(OCc4c[nH+]cc5ccccc45)c3)cc2N1. The molecule has 1 unspecified atom stereocenters. The fraction of sp³-hybridized carbons (Fsp3) is 0.185. The standard InChI is InChI=1S/C27H25N3O2/c1-18-9-10-19-11-12-23(14-26(19)29-18)30-27(31)20-6-4-7-24(13-20)32-17-22-16-28-15-21-5-2-3-8-25(21)22/h2-8,11-16,18,29H,9-10,17H2,1H3,(H,30,31)/p+1. The number of H-pyrrole nitrogens is 1. The number of hydrogen-bond donors (Lipinski definition) is 2. The summed E-state index contributed by atoms with van der Waals surface area (Å²) in [7, 11) is 0. The van der Waals surface area contributed by atoms with Crippen molar-refractivity contribution in [3.8, 4) is 5.75 Å². The Bertz CT molecular complexity index is 1280. The Balaban J connectivity index is 1.28. The van der Waals surface area contributed by atoms with Crippen molar-refractivity contribution in [3.05, 3.63) is 95.8 Å². The predicted octanol–water partition coefficient (Wildman–Crippen LogP) is 5.23. The Hall–Kier alpha value is -3.86. The number of fused-ring (bicyclic) bond motifs is 2. The number of benzene rings is 3. The lowest BCUT2D eigenvalue weighted by atomic mass is 9.98. The summed E-state index contributed by atoms with van der Waals surface area (Å²) in [5, 5.41) is 8.79. The highest BCUT2D eigenvalue weighted by molar-refractivity contribution is 6.04. The van der Waals surface area contributed by atoms with E-state index in [1.54, 1.807) is 12.1 Å². The highest BCUT2D eigenvalue weighted by Gasteiger charge is 2.15. The molecule has 0 fully saturated rings. The van der Waals surface area contributed by atoms with Gasteiger partial charge < -0.3 is 15.4 Å². The normalized spacial score (nSPS) is 15.0. The molecule has 1 aliphatic heterocycles. The molecular weight excluding hydrogens is 398 g/mol. The molecule has 0 bridgehead atoms. The third-order valence-corrected chi connectivity index (χ3v) is 5.91.